The molecule has 1 amide bonds. The van der Waals surface area contributed by atoms with Crippen molar-refractivity contribution in [3.63, 3.8) is 0 Å². The minimum Gasteiger partial charge on any atom is -0.341 e. The zero-order chi connectivity index (χ0) is 15.0. The first-order chi connectivity index (χ1) is 10.0. The van der Waals surface area contributed by atoms with Crippen molar-refractivity contribution in [3.05, 3.63) is 35.6 Å². The van der Waals surface area contributed by atoms with Gasteiger partial charge in [-0.1, -0.05) is 32.4 Å². The Morgan fingerprint density at radius 1 is 1.24 bits per heavy atom. The topological polar surface area (TPSA) is 20.3 Å². The summed E-state index contributed by atoms with van der Waals surface area (Å²) in [6.45, 7) is 6.12. The van der Waals surface area contributed by atoms with Crippen LogP contribution in [-0.4, -0.2) is 23.9 Å². The number of nitrogens with zero attached hydrogens (tertiary/aromatic N) is 1. The highest BCUT2D eigenvalue weighted by atomic mass is 19.1. The smallest absolute Gasteiger partial charge is 0.233 e. The van der Waals surface area contributed by atoms with Crippen LogP contribution in [0.15, 0.2) is 24.3 Å². The van der Waals surface area contributed by atoms with E-state index in [1.165, 1.54) is 12.5 Å². The molecular weight excluding hydrogens is 265 g/mol. The summed E-state index contributed by atoms with van der Waals surface area (Å²) in [5, 5.41) is 0. The van der Waals surface area contributed by atoms with Crippen molar-refractivity contribution in [2.45, 2.75) is 44.9 Å². The Hall–Kier alpha value is -1.38. The van der Waals surface area contributed by atoms with Gasteiger partial charge in [-0.2, -0.15) is 0 Å². The molecule has 2 unspecified atom stereocenters. The molecule has 0 radical (unpaired) electrons. The zero-order valence-electron chi connectivity index (χ0n) is 12.9. The van der Waals surface area contributed by atoms with Gasteiger partial charge in [-0.15, -0.1) is 0 Å². The fourth-order valence-electron chi connectivity index (χ4n) is 4.07. The standard InChI is InChI=1S/C18H24FNO/c1-13-9-14(2)12-20(11-13)17(21)18(7-4-8-18)15-5-3-6-16(19)10-15/h3,5-6,10,13-14H,4,7-9,11-12H2,1-2H3. The lowest BCUT2D eigenvalue weighted by atomic mass is 9.63. The molecule has 3 heteroatoms. The Bertz CT molecular complexity index is 528. The lowest BCUT2D eigenvalue weighted by molar-refractivity contribution is -0.143. The van der Waals surface area contributed by atoms with Crippen LogP contribution < -0.4 is 0 Å². The molecule has 1 aliphatic heterocycles. The molecule has 114 valence electrons. The summed E-state index contributed by atoms with van der Waals surface area (Å²) in [5.74, 6) is 1.09. The third-order valence-electron chi connectivity index (χ3n) is 5.15. The molecular formula is C18H24FNO. The molecule has 2 nitrogen and oxygen atoms in total. The molecule has 2 atom stereocenters. The number of carbonyl (C=O) groups excluding carboxylic acids is 1. The number of likely N-dealkylation sites (tertiary alicyclic amines) is 1. The second-order valence-electron chi connectivity index (χ2n) is 7.10. The van der Waals surface area contributed by atoms with Crippen LogP contribution >= 0.6 is 0 Å². The number of hydrogen-bond donors (Lipinski definition) is 0. The summed E-state index contributed by atoms with van der Waals surface area (Å²) in [5.41, 5.74) is 0.406. The summed E-state index contributed by atoms with van der Waals surface area (Å²) in [6, 6.07) is 6.63. The Kier molecular flexibility index (Phi) is 3.76. The molecule has 0 aromatic heterocycles. The summed E-state index contributed by atoms with van der Waals surface area (Å²) in [6.07, 6.45) is 3.96. The molecule has 1 aliphatic carbocycles. The molecule has 1 saturated carbocycles. The number of halogens is 1. The average Bonchev–Trinajstić information content (AvgIpc) is 2.36. The van der Waals surface area contributed by atoms with Crippen LogP contribution in [0.5, 0.6) is 0 Å². The largest absolute Gasteiger partial charge is 0.341 e. The number of rotatable bonds is 2. The van der Waals surface area contributed by atoms with Gasteiger partial charge >= 0.3 is 0 Å². The van der Waals surface area contributed by atoms with Crippen LogP contribution in [0.2, 0.25) is 0 Å². The van der Waals surface area contributed by atoms with Crippen molar-refractivity contribution < 1.29 is 9.18 Å². The Morgan fingerprint density at radius 2 is 1.90 bits per heavy atom. The molecule has 3 rings (SSSR count). The molecule has 1 aromatic carbocycles. The van der Waals surface area contributed by atoms with Crippen molar-refractivity contribution in [3.8, 4) is 0 Å². The maximum absolute atomic E-state index is 13.6. The Balaban J connectivity index is 1.87. The van der Waals surface area contributed by atoms with Gasteiger partial charge < -0.3 is 4.90 Å². The van der Waals surface area contributed by atoms with Gasteiger partial charge in [0.15, 0.2) is 0 Å². The monoisotopic (exact) mass is 289 g/mol. The highest BCUT2D eigenvalue weighted by Gasteiger charge is 2.48. The highest BCUT2D eigenvalue weighted by molar-refractivity contribution is 5.89. The van der Waals surface area contributed by atoms with Gasteiger partial charge in [0.05, 0.1) is 5.41 Å². The van der Waals surface area contributed by atoms with Crippen molar-refractivity contribution in [1.29, 1.82) is 0 Å². The van der Waals surface area contributed by atoms with Crippen LogP contribution in [0, 0.1) is 17.7 Å². The predicted molar refractivity (Wildman–Crippen MR) is 81.5 cm³/mol. The fraction of sp³-hybridized carbons (Fsp3) is 0.611. The normalized spacial score (nSPS) is 28.0. The van der Waals surface area contributed by atoms with Gasteiger partial charge in [0.1, 0.15) is 5.82 Å². The summed E-state index contributed by atoms with van der Waals surface area (Å²) in [4.78, 5) is 15.1. The second kappa shape index (κ2) is 5.43. The summed E-state index contributed by atoms with van der Waals surface area (Å²) in [7, 11) is 0. The lowest BCUT2D eigenvalue weighted by Crippen LogP contribution is -2.54. The number of carbonyl (C=O) groups is 1. The molecule has 1 saturated heterocycles. The fourth-order valence-corrected chi connectivity index (χ4v) is 4.07. The van der Waals surface area contributed by atoms with E-state index in [9.17, 15) is 9.18 Å². The van der Waals surface area contributed by atoms with E-state index in [1.54, 1.807) is 12.1 Å². The quantitative estimate of drug-likeness (QED) is 0.812. The van der Waals surface area contributed by atoms with E-state index >= 15 is 0 Å². The first kappa shape index (κ1) is 14.6. The highest BCUT2D eigenvalue weighted by Crippen LogP contribution is 2.46. The van der Waals surface area contributed by atoms with Crippen LogP contribution in [-0.2, 0) is 10.2 Å². The van der Waals surface area contributed by atoms with E-state index in [0.29, 0.717) is 11.8 Å². The third kappa shape index (κ3) is 2.58. The summed E-state index contributed by atoms with van der Waals surface area (Å²) >= 11 is 0. The number of piperidine rings is 1. The minimum atomic E-state index is -0.459. The molecule has 0 spiro atoms. The Morgan fingerprint density at radius 3 is 2.43 bits per heavy atom. The van der Waals surface area contributed by atoms with Crippen molar-refractivity contribution >= 4 is 5.91 Å². The van der Waals surface area contributed by atoms with Gasteiger partial charge in [0.2, 0.25) is 5.91 Å². The zero-order valence-corrected chi connectivity index (χ0v) is 12.9. The van der Waals surface area contributed by atoms with Gasteiger partial charge in [-0.3, -0.25) is 4.79 Å². The maximum Gasteiger partial charge on any atom is 0.233 e. The van der Waals surface area contributed by atoms with E-state index in [1.807, 2.05) is 11.0 Å². The van der Waals surface area contributed by atoms with E-state index < -0.39 is 5.41 Å². The van der Waals surface area contributed by atoms with Gasteiger partial charge in [-0.05, 0) is 48.8 Å². The van der Waals surface area contributed by atoms with E-state index in [0.717, 1.165) is 37.9 Å². The first-order valence-electron chi connectivity index (χ1n) is 8.07. The maximum atomic E-state index is 13.6. The van der Waals surface area contributed by atoms with E-state index in [4.69, 9.17) is 0 Å². The number of hydrogen-bond acceptors (Lipinski definition) is 1. The molecule has 0 N–H and O–H groups in total. The lowest BCUT2D eigenvalue weighted by Gasteiger charge is -2.46. The average molecular weight is 289 g/mol. The molecule has 1 heterocycles. The van der Waals surface area contributed by atoms with E-state index in [-0.39, 0.29) is 11.7 Å². The van der Waals surface area contributed by atoms with Crippen LogP contribution in [0.4, 0.5) is 4.39 Å². The summed E-state index contributed by atoms with van der Waals surface area (Å²) < 4.78 is 13.6. The second-order valence-corrected chi connectivity index (χ2v) is 7.10. The van der Waals surface area contributed by atoms with Gasteiger partial charge in [-0.25, -0.2) is 4.39 Å². The number of benzene rings is 1. The molecule has 21 heavy (non-hydrogen) atoms. The molecule has 1 aromatic rings. The van der Waals surface area contributed by atoms with E-state index in [2.05, 4.69) is 13.8 Å². The molecule has 2 aliphatic rings. The van der Waals surface area contributed by atoms with Crippen molar-refractivity contribution in [2.24, 2.45) is 11.8 Å². The minimum absolute atomic E-state index is 0.220. The van der Waals surface area contributed by atoms with Crippen LogP contribution in [0.25, 0.3) is 0 Å². The number of amides is 1. The van der Waals surface area contributed by atoms with Crippen molar-refractivity contribution in [2.75, 3.05) is 13.1 Å². The third-order valence-corrected chi connectivity index (χ3v) is 5.15. The molecule has 0 bridgehead atoms. The SMILES string of the molecule is CC1CC(C)CN(C(=O)C2(c3cccc(F)c3)CCC2)C1. The predicted octanol–water partition coefficient (Wildman–Crippen LogP) is 3.75. The molecule has 2 fully saturated rings. The van der Waals surface area contributed by atoms with Gasteiger partial charge in [0.25, 0.3) is 0 Å². The van der Waals surface area contributed by atoms with Crippen LogP contribution in [0.3, 0.4) is 0 Å². The first-order valence-corrected chi connectivity index (χ1v) is 8.07. The Labute approximate surface area is 126 Å². The van der Waals surface area contributed by atoms with Crippen LogP contribution in [0.1, 0.15) is 45.1 Å². The van der Waals surface area contributed by atoms with Gasteiger partial charge in [0, 0.05) is 13.1 Å². The van der Waals surface area contributed by atoms with Crippen molar-refractivity contribution in [1.82, 2.24) is 4.90 Å².